The minimum atomic E-state index is 0.428. The summed E-state index contributed by atoms with van der Waals surface area (Å²) in [7, 11) is 3.31. The molecule has 0 saturated carbocycles. The van der Waals surface area contributed by atoms with Crippen LogP contribution >= 0.6 is 0 Å². The molecule has 3 aromatic carbocycles. The second-order valence-electron chi connectivity index (χ2n) is 7.79. The largest absolute Gasteiger partial charge is 0.489 e. The summed E-state index contributed by atoms with van der Waals surface area (Å²) in [6.45, 7) is 1.55. The predicted molar refractivity (Wildman–Crippen MR) is 134 cm³/mol. The van der Waals surface area contributed by atoms with E-state index >= 15 is 0 Å². The lowest BCUT2D eigenvalue weighted by atomic mass is 10.2. The highest BCUT2D eigenvalue weighted by molar-refractivity contribution is 5.94. The molecular weight excluding hydrogens is 428 g/mol. The van der Waals surface area contributed by atoms with E-state index in [1.54, 1.807) is 14.2 Å². The Labute approximate surface area is 197 Å². The summed E-state index contributed by atoms with van der Waals surface area (Å²) in [5, 5.41) is 5.43. The molecule has 0 fully saturated rings. The molecule has 0 amide bonds. The van der Waals surface area contributed by atoms with Crippen molar-refractivity contribution >= 4 is 27.6 Å². The van der Waals surface area contributed by atoms with Crippen molar-refractivity contribution in [1.29, 1.82) is 0 Å². The van der Waals surface area contributed by atoms with Gasteiger partial charge in [-0.1, -0.05) is 54.6 Å². The van der Waals surface area contributed by atoms with E-state index in [4.69, 9.17) is 24.2 Å². The summed E-state index contributed by atoms with van der Waals surface area (Å²) >= 11 is 0. The van der Waals surface area contributed by atoms with Crippen molar-refractivity contribution in [3.8, 4) is 17.6 Å². The first-order valence-corrected chi connectivity index (χ1v) is 11.1. The van der Waals surface area contributed by atoms with E-state index in [9.17, 15) is 0 Å². The van der Waals surface area contributed by atoms with Gasteiger partial charge in [0.25, 0.3) is 0 Å². The lowest BCUT2D eigenvalue weighted by Crippen LogP contribution is -2.10. The van der Waals surface area contributed by atoms with Gasteiger partial charge in [0.05, 0.1) is 19.2 Å². The average molecular weight is 455 g/mol. The maximum absolute atomic E-state index is 6.01. The number of methoxy groups -OCH3 is 2. The maximum atomic E-state index is 6.01. The first-order chi connectivity index (χ1) is 16.8. The summed E-state index contributed by atoms with van der Waals surface area (Å²) in [5.41, 5.74) is 2.84. The Balaban J connectivity index is 1.67. The topological polar surface area (TPSA) is 70.4 Å². The number of hydrogen-bond acceptors (Lipinski definition) is 6. The summed E-state index contributed by atoms with van der Waals surface area (Å²) in [5.74, 6) is 2.56. The van der Waals surface area contributed by atoms with Gasteiger partial charge in [0.2, 0.25) is 11.8 Å². The quantitative estimate of drug-likeness (QED) is 0.308. The fraction of sp³-hybridized carbons (Fsp3) is 0.185. The fourth-order valence-corrected chi connectivity index (χ4v) is 3.97. The minimum absolute atomic E-state index is 0.428. The highest BCUT2D eigenvalue weighted by Gasteiger charge is 2.18. The predicted octanol–water partition coefficient (Wildman–Crippen LogP) is 5.22. The number of hydrogen-bond donors (Lipinski definition) is 1. The number of benzene rings is 3. The SMILES string of the molecule is COCCOc1cccc2c(NCc3ccccc3)nc(-n3c(OC)cc4ccccc43)nc12. The van der Waals surface area contributed by atoms with Crippen molar-refractivity contribution in [2.75, 3.05) is 32.8 Å². The van der Waals surface area contributed by atoms with Crippen molar-refractivity contribution in [3.05, 3.63) is 84.4 Å². The van der Waals surface area contributed by atoms with Gasteiger partial charge < -0.3 is 19.5 Å². The summed E-state index contributed by atoms with van der Waals surface area (Å²) in [6.07, 6.45) is 0. The van der Waals surface area contributed by atoms with Gasteiger partial charge in [0.1, 0.15) is 23.7 Å². The molecule has 1 N–H and O–H groups in total. The first-order valence-electron chi connectivity index (χ1n) is 11.1. The van der Waals surface area contributed by atoms with Crippen LogP contribution in [0.3, 0.4) is 0 Å². The summed E-state index contributed by atoms with van der Waals surface area (Å²) < 4.78 is 18.8. The highest BCUT2D eigenvalue weighted by atomic mass is 16.5. The Morgan fingerprint density at radius 2 is 1.68 bits per heavy atom. The van der Waals surface area contributed by atoms with Gasteiger partial charge in [0.15, 0.2) is 0 Å². The van der Waals surface area contributed by atoms with E-state index in [1.165, 1.54) is 0 Å². The molecule has 5 aromatic rings. The third-order valence-corrected chi connectivity index (χ3v) is 5.61. The zero-order valence-electron chi connectivity index (χ0n) is 19.2. The Morgan fingerprint density at radius 3 is 2.50 bits per heavy atom. The van der Waals surface area contributed by atoms with Crippen LogP contribution in [-0.4, -0.2) is 42.0 Å². The monoisotopic (exact) mass is 454 g/mol. The molecule has 0 atom stereocenters. The molecule has 2 heterocycles. The van der Waals surface area contributed by atoms with Crippen LogP contribution in [0.5, 0.6) is 11.6 Å². The van der Waals surface area contributed by atoms with Crippen LogP contribution in [0.25, 0.3) is 27.8 Å². The van der Waals surface area contributed by atoms with Crippen molar-refractivity contribution < 1.29 is 14.2 Å². The molecule has 0 unspecified atom stereocenters. The van der Waals surface area contributed by atoms with Gasteiger partial charge in [-0.25, -0.2) is 9.55 Å². The zero-order chi connectivity index (χ0) is 23.3. The van der Waals surface area contributed by atoms with Crippen LogP contribution < -0.4 is 14.8 Å². The third-order valence-electron chi connectivity index (χ3n) is 5.61. The van der Waals surface area contributed by atoms with Crippen molar-refractivity contribution in [1.82, 2.24) is 14.5 Å². The first kappa shape index (κ1) is 21.7. The van der Waals surface area contributed by atoms with Gasteiger partial charge in [-0.05, 0) is 23.8 Å². The zero-order valence-corrected chi connectivity index (χ0v) is 19.2. The lowest BCUT2D eigenvalue weighted by molar-refractivity contribution is 0.147. The maximum Gasteiger partial charge on any atom is 0.239 e. The van der Waals surface area contributed by atoms with Gasteiger partial charge in [0, 0.05) is 30.5 Å². The molecule has 7 nitrogen and oxygen atoms in total. The van der Waals surface area contributed by atoms with E-state index in [1.807, 2.05) is 71.3 Å². The average Bonchev–Trinajstić information content (AvgIpc) is 3.27. The summed E-state index contributed by atoms with van der Waals surface area (Å²) in [4.78, 5) is 9.87. The highest BCUT2D eigenvalue weighted by Crippen LogP contribution is 2.33. The van der Waals surface area contributed by atoms with E-state index in [2.05, 4.69) is 17.4 Å². The van der Waals surface area contributed by atoms with E-state index in [-0.39, 0.29) is 0 Å². The van der Waals surface area contributed by atoms with Crippen molar-refractivity contribution in [3.63, 3.8) is 0 Å². The van der Waals surface area contributed by atoms with Gasteiger partial charge >= 0.3 is 0 Å². The minimum Gasteiger partial charge on any atom is -0.489 e. The molecule has 0 spiro atoms. The molecule has 5 rings (SSSR count). The van der Waals surface area contributed by atoms with Gasteiger partial charge in [-0.3, -0.25) is 0 Å². The molecular formula is C27H26N4O3. The number of para-hydroxylation sites is 2. The lowest BCUT2D eigenvalue weighted by Gasteiger charge is -2.15. The van der Waals surface area contributed by atoms with E-state index in [0.717, 1.165) is 33.2 Å². The molecule has 0 aliphatic rings. The molecule has 7 heteroatoms. The number of aromatic nitrogens is 3. The number of ether oxygens (including phenoxy) is 3. The molecule has 0 radical (unpaired) electrons. The Hall–Kier alpha value is -4.10. The van der Waals surface area contributed by atoms with Crippen LogP contribution in [0.4, 0.5) is 5.82 Å². The van der Waals surface area contributed by atoms with Crippen LogP contribution in [0.2, 0.25) is 0 Å². The number of anilines is 1. The fourth-order valence-electron chi connectivity index (χ4n) is 3.97. The molecule has 172 valence electrons. The van der Waals surface area contributed by atoms with Gasteiger partial charge in [-0.15, -0.1) is 0 Å². The number of rotatable bonds is 9. The number of nitrogens with zero attached hydrogens (tertiary/aromatic N) is 3. The van der Waals surface area contributed by atoms with Crippen LogP contribution in [0.15, 0.2) is 78.9 Å². The van der Waals surface area contributed by atoms with Gasteiger partial charge in [-0.2, -0.15) is 4.98 Å². The second kappa shape index (κ2) is 9.80. The normalized spacial score (nSPS) is 11.1. The number of fused-ring (bicyclic) bond motifs is 2. The van der Waals surface area contributed by atoms with E-state index in [0.29, 0.717) is 37.3 Å². The van der Waals surface area contributed by atoms with E-state index < -0.39 is 0 Å². The van der Waals surface area contributed by atoms with Crippen LogP contribution in [-0.2, 0) is 11.3 Å². The smallest absolute Gasteiger partial charge is 0.239 e. The number of nitrogens with one attached hydrogen (secondary N) is 1. The Bertz CT molecular complexity index is 1420. The Morgan fingerprint density at radius 1 is 0.853 bits per heavy atom. The molecule has 0 saturated heterocycles. The molecule has 34 heavy (non-hydrogen) atoms. The molecule has 2 aromatic heterocycles. The Kier molecular flexibility index (Phi) is 6.27. The molecule has 0 bridgehead atoms. The summed E-state index contributed by atoms with van der Waals surface area (Å²) in [6, 6.07) is 26.2. The second-order valence-corrected chi connectivity index (χ2v) is 7.79. The standard InChI is InChI=1S/C27H26N4O3/c1-32-15-16-34-23-14-8-12-21-25(23)29-27(30-26(21)28-18-19-9-4-3-5-10-19)31-22-13-7-6-11-20(22)17-24(31)33-2/h3-14,17H,15-16,18H2,1-2H3,(H,28,29,30). The molecule has 0 aliphatic carbocycles. The molecule has 0 aliphatic heterocycles. The third kappa shape index (κ3) is 4.25. The van der Waals surface area contributed by atoms with Crippen LogP contribution in [0.1, 0.15) is 5.56 Å². The van der Waals surface area contributed by atoms with Crippen LogP contribution in [0, 0.1) is 0 Å². The van der Waals surface area contributed by atoms with Crippen molar-refractivity contribution in [2.24, 2.45) is 0 Å². The van der Waals surface area contributed by atoms with Crippen molar-refractivity contribution in [2.45, 2.75) is 6.54 Å².